The molecule has 0 spiro atoms. The Hall–Kier alpha value is -2.22. The highest BCUT2D eigenvalue weighted by molar-refractivity contribution is 6.30. The van der Waals surface area contributed by atoms with E-state index in [-0.39, 0.29) is 35.7 Å². The van der Waals surface area contributed by atoms with Gasteiger partial charge in [-0.05, 0) is 34.1 Å². The number of hydrogen-bond acceptors (Lipinski definition) is 6. The second-order valence-electron chi connectivity index (χ2n) is 7.16. The molecular weight excluding hydrogens is 396 g/mol. The summed E-state index contributed by atoms with van der Waals surface area (Å²) in [5, 5.41) is -0.615. The van der Waals surface area contributed by atoms with Gasteiger partial charge in [-0.25, -0.2) is 14.8 Å². The van der Waals surface area contributed by atoms with Gasteiger partial charge in [0.05, 0.1) is 12.3 Å². The minimum Gasteiger partial charge on any atom is -0.462 e. The van der Waals surface area contributed by atoms with Gasteiger partial charge < -0.3 is 14.5 Å². The van der Waals surface area contributed by atoms with Crippen molar-refractivity contribution in [3.05, 3.63) is 22.8 Å². The number of halogens is 1. The van der Waals surface area contributed by atoms with E-state index in [0.29, 0.717) is 37.6 Å². The lowest BCUT2D eigenvalue weighted by Crippen LogP contribution is -2.56. The molecule has 29 heavy (non-hydrogen) atoms. The second kappa shape index (κ2) is 10.0. The number of rotatable bonds is 6. The van der Waals surface area contributed by atoms with Crippen molar-refractivity contribution in [2.45, 2.75) is 58.9 Å². The first-order valence-electron chi connectivity index (χ1n) is 9.99. The van der Waals surface area contributed by atoms with Crippen molar-refractivity contribution >= 4 is 29.4 Å². The minimum absolute atomic E-state index is 0.0667. The smallest absolute Gasteiger partial charge is 0.342 e. The van der Waals surface area contributed by atoms with Crippen LogP contribution in [0.5, 0.6) is 0 Å². The second-order valence-corrected chi connectivity index (χ2v) is 7.81. The van der Waals surface area contributed by atoms with Gasteiger partial charge in [0.15, 0.2) is 0 Å². The summed E-state index contributed by atoms with van der Waals surface area (Å²) in [4.78, 5) is 50.1. The van der Waals surface area contributed by atoms with Gasteiger partial charge in [-0.2, -0.15) is 0 Å². The highest BCUT2D eigenvalue weighted by Crippen LogP contribution is 2.20. The molecule has 1 aliphatic rings. The first-order chi connectivity index (χ1) is 13.7. The number of nitrogens with zero attached hydrogens (tertiary/aromatic N) is 4. The standard InChI is InChI=1S/C20H29ClN4O4/c1-6-8-15-16(20(28)29-7-2)17(23-14(5)22-15)19(27)24-9-10-25(12(3)11-24)18(26)13(4)21/h12-13H,6-11H2,1-5H3. The molecule has 0 aliphatic carbocycles. The van der Waals surface area contributed by atoms with E-state index >= 15 is 0 Å². The Morgan fingerprint density at radius 2 is 1.93 bits per heavy atom. The fourth-order valence-electron chi connectivity index (χ4n) is 3.47. The highest BCUT2D eigenvalue weighted by Gasteiger charge is 2.34. The summed E-state index contributed by atoms with van der Waals surface area (Å²) in [5.41, 5.74) is 0.738. The number of amides is 2. The quantitative estimate of drug-likeness (QED) is 0.513. The van der Waals surface area contributed by atoms with Gasteiger partial charge in [-0.15, -0.1) is 11.6 Å². The van der Waals surface area contributed by atoms with Crippen molar-refractivity contribution in [1.29, 1.82) is 0 Å². The molecular formula is C20H29ClN4O4. The normalized spacial score (nSPS) is 17.8. The molecule has 1 fully saturated rings. The third-order valence-electron chi connectivity index (χ3n) is 4.80. The van der Waals surface area contributed by atoms with Crippen LogP contribution < -0.4 is 0 Å². The van der Waals surface area contributed by atoms with Crippen LogP contribution in [0.25, 0.3) is 0 Å². The fraction of sp³-hybridized carbons (Fsp3) is 0.650. The highest BCUT2D eigenvalue weighted by atomic mass is 35.5. The summed E-state index contributed by atoms with van der Waals surface area (Å²) in [6.07, 6.45) is 1.31. The van der Waals surface area contributed by atoms with E-state index in [2.05, 4.69) is 9.97 Å². The third kappa shape index (κ3) is 5.23. The SMILES string of the molecule is CCCc1nc(C)nc(C(=O)N2CCN(C(=O)C(C)Cl)C(C)C2)c1C(=O)OCC. The Balaban J connectivity index is 2.35. The minimum atomic E-state index is -0.615. The zero-order valence-electron chi connectivity index (χ0n) is 17.7. The Kier molecular flexibility index (Phi) is 7.96. The Morgan fingerprint density at radius 3 is 2.48 bits per heavy atom. The summed E-state index contributed by atoms with van der Waals surface area (Å²) in [6, 6.07) is -0.189. The molecule has 0 radical (unpaired) electrons. The van der Waals surface area contributed by atoms with Crippen molar-refractivity contribution in [2.75, 3.05) is 26.2 Å². The lowest BCUT2D eigenvalue weighted by atomic mass is 10.1. The predicted octanol–water partition coefficient (Wildman–Crippen LogP) is 2.21. The third-order valence-corrected chi connectivity index (χ3v) is 4.99. The zero-order chi connectivity index (χ0) is 21.7. The number of esters is 1. The maximum absolute atomic E-state index is 13.3. The molecule has 0 saturated carbocycles. The summed E-state index contributed by atoms with van der Waals surface area (Å²) in [6.45, 7) is 10.1. The van der Waals surface area contributed by atoms with Gasteiger partial charge >= 0.3 is 5.97 Å². The van der Waals surface area contributed by atoms with Crippen LogP contribution in [-0.2, 0) is 16.0 Å². The van der Waals surface area contributed by atoms with Crippen molar-refractivity contribution in [3.63, 3.8) is 0 Å². The molecule has 2 amide bonds. The fourth-order valence-corrected chi connectivity index (χ4v) is 3.59. The van der Waals surface area contributed by atoms with Gasteiger partial charge in [-0.3, -0.25) is 9.59 Å². The lowest BCUT2D eigenvalue weighted by molar-refractivity contribution is -0.134. The number of aromatic nitrogens is 2. The van der Waals surface area contributed by atoms with E-state index in [1.165, 1.54) is 0 Å². The lowest BCUT2D eigenvalue weighted by Gasteiger charge is -2.40. The van der Waals surface area contributed by atoms with E-state index in [0.717, 1.165) is 6.42 Å². The first-order valence-corrected chi connectivity index (χ1v) is 10.4. The number of alkyl halides is 1. The van der Waals surface area contributed by atoms with Crippen LogP contribution in [0.1, 0.15) is 66.5 Å². The molecule has 0 N–H and O–H groups in total. The zero-order valence-corrected chi connectivity index (χ0v) is 18.5. The maximum Gasteiger partial charge on any atom is 0.342 e. The summed E-state index contributed by atoms with van der Waals surface area (Å²) in [7, 11) is 0. The molecule has 1 saturated heterocycles. The topological polar surface area (TPSA) is 92.7 Å². The maximum atomic E-state index is 13.3. The molecule has 160 valence electrons. The number of aryl methyl sites for hydroxylation is 2. The van der Waals surface area contributed by atoms with Crippen LogP contribution >= 0.6 is 11.6 Å². The van der Waals surface area contributed by atoms with E-state index in [1.807, 2.05) is 13.8 Å². The van der Waals surface area contributed by atoms with Gasteiger partial charge in [0.1, 0.15) is 22.5 Å². The predicted molar refractivity (Wildman–Crippen MR) is 109 cm³/mol. The average molecular weight is 425 g/mol. The molecule has 1 aromatic rings. The Labute approximate surface area is 176 Å². The van der Waals surface area contributed by atoms with Crippen molar-refractivity contribution < 1.29 is 19.1 Å². The van der Waals surface area contributed by atoms with E-state index < -0.39 is 11.3 Å². The molecule has 0 aromatic carbocycles. The number of carbonyl (C=O) groups excluding carboxylic acids is 3. The van der Waals surface area contributed by atoms with E-state index in [1.54, 1.807) is 30.6 Å². The van der Waals surface area contributed by atoms with Crippen LogP contribution in [0.15, 0.2) is 0 Å². The van der Waals surface area contributed by atoms with Gasteiger partial charge in [0.2, 0.25) is 5.91 Å². The Morgan fingerprint density at radius 1 is 1.24 bits per heavy atom. The molecule has 1 aromatic heterocycles. The molecule has 1 aliphatic heterocycles. The van der Waals surface area contributed by atoms with Crippen molar-refractivity contribution in [2.24, 2.45) is 0 Å². The van der Waals surface area contributed by atoms with Crippen molar-refractivity contribution in [1.82, 2.24) is 19.8 Å². The van der Waals surface area contributed by atoms with Crippen molar-refractivity contribution in [3.8, 4) is 0 Å². The van der Waals surface area contributed by atoms with Crippen LogP contribution in [0.3, 0.4) is 0 Å². The van der Waals surface area contributed by atoms with Crippen LogP contribution in [0, 0.1) is 6.92 Å². The number of hydrogen-bond donors (Lipinski definition) is 0. The van der Waals surface area contributed by atoms with Gasteiger partial charge in [0, 0.05) is 25.7 Å². The molecule has 2 unspecified atom stereocenters. The number of ether oxygens (including phenoxy) is 1. The Bertz CT molecular complexity index is 784. The number of piperazine rings is 1. The molecule has 9 heteroatoms. The monoisotopic (exact) mass is 424 g/mol. The summed E-state index contributed by atoms with van der Waals surface area (Å²) in [5.74, 6) is -0.657. The number of carbonyl (C=O) groups is 3. The van der Waals surface area contributed by atoms with E-state index in [9.17, 15) is 14.4 Å². The first kappa shape index (κ1) is 23.1. The van der Waals surface area contributed by atoms with Crippen LogP contribution in [0.2, 0.25) is 0 Å². The van der Waals surface area contributed by atoms with Crippen LogP contribution in [-0.4, -0.2) is 75.2 Å². The van der Waals surface area contributed by atoms with Gasteiger partial charge in [-0.1, -0.05) is 13.3 Å². The molecule has 8 nitrogen and oxygen atoms in total. The molecule has 2 rings (SSSR count). The largest absolute Gasteiger partial charge is 0.462 e. The van der Waals surface area contributed by atoms with Crippen LogP contribution in [0.4, 0.5) is 0 Å². The average Bonchev–Trinajstić information content (AvgIpc) is 2.66. The summed E-state index contributed by atoms with van der Waals surface area (Å²) < 4.78 is 5.17. The summed E-state index contributed by atoms with van der Waals surface area (Å²) >= 11 is 5.93. The molecule has 2 atom stereocenters. The van der Waals surface area contributed by atoms with Gasteiger partial charge in [0.25, 0.3) is 5.91 Å². The molecule has 2 heterocycles. The molecule has 0 bridgehead atoms. The van der Waals surface area contributed by atoms with E-state index in [4.69, 9.17) is 16.3 Å².